The predicted molar refractivity (Wildman–Crippen MR) is 127 cm³/mol. The highest BCUT2D eigenvalue weighted by Gasteiger charge is 2.20. The zero-order chi connectivity index (χ0) is 17.5. The molecular weight excluding hydrogens is 475 g/mol. The van der Waals surface area contributed by atoms with E-state index < -0.39 is 0 Å². The Morgan fingerprint density at radius 3 is 2.73 bits per heavy atom. The molecule has 3 heterocycles. The van der Waals surface area contributed by atoms with Crippen molar-refractivity contribution in [1.82, 2.24) is 10.6 Å². The number of anilines is 1. The van der Waals surface area contributed by atoms with Crippen molar-refractivity contribution in [1.29, 1.82) is 0 Å². The number of aliphatic imine (C=N–C) groups is 1. The third-order valence-electron chi connectivity index (χ3n) is 4.63. The van der Waals surface area contributed by atoms with E-state index in [2.05, 4.69) is 63.7 Å². The van der Waals surface area contributed by atoms with Crippen LogP contribution in [0.2, 0.25) is 0 Å². The number of nitrogens with one attached hydrogen (secondary N) is 2. The fourth-order valence-corrected chi connectivity index (χ4v) is 4.66. The van der Waals surface area contributed by atoms with Crippen molar-refractivity contribution in [3.8, 4) is 0 Å². The Morgan fingerprint density at radius 1 is 1.31 bits per heavy atom. The largest absolute Gasteiger partial charge is 0.363 e. The summed E-state index contributed by atoms with van der Waals surface area (Å²) in [7, 11) is 0. The van der Waals surface area contributed by atoms with Crippen molar-refractivity contribution in [2.24, 2.45) is 4.99 Å². The average molecular weight is 505 g/mol. The van der Waals surface area contributed by atoms with Gasteiger partial charge in [-0.15, -0.1) is 35.3 Å². The van der Waals surface area contributed by atoms with Gasteiger partial charge in [0.1, 0.15) is 0 Å². The summed E-state index contributed by atoms with van der Waals surface area (Å²) in [5.74, 6) is 1.42. The highest BCUT2D eigenvalue weighted by Crippen LogP contribution is 2.24. The molecule has 1 saturated heterocycles. The molecule has 0 aromatic carbocycles. The van der Waals surface area contributed by atoms with Crippen LogP contribution in [-0.2, 0) is 0 Å². The van der Waals surface area contributed by atoms with Crippen LogP contribution < -0.4 is 15.5 Å². The molecule has 0 bridgehead atoms. The predicted octanol–water partition coefficient (Wildman–Crippen LogP) is 4.76. The Bertz CT molecular complexity index is 635. The zero-order valence-corrected chi connectivity index (χ0v) is 19.4. The molecule has 2 aromatic rings. The van der Waals surface area contributed by atoms with Crippen LogP contribution in [0.25, 0.3) is 0 Å². The first kappa shape index (κ1) is 21.5. The number of piperidine rings is 1. The smallest absolute Gasteiger partial charge is 0.191 e. The van der Waals surface area contributed by atoms with E-state index in [0.29, 0.717) is 12.0 Å². The summed E-state index contributed by atoms with van der Waals surface area (Å²) in [6, 6.07) is 7.06. The van der Waals surface area contributed by atoms with Gasteiger partial charge < -0.3 is 15.5 Å². The van der Waals surface area contributed by atoms with Gasteiger partial charge in [-0.05, 0) is 59.7 Å². The average Bonchev–Trinajstić information content (AvgIpc) is 3.33. The SMILES string of the molecule is CCNC(=NCC(C)c1ccsc1)NC1CCN(c2cccs2)CC1.I. The number of rotatable bonds is 6. The summed E-state index contributed by atoms with van der Waals surface area (Å²) in [6.07, 6.45) is 2.31. The Balaban J connectivity index is 0.00000243. The maximum absolute atomic E-state index is 4.82. The Labute approximate surface area is 182 Å². The molecule has 0 amide bonds. The van der Waals surface area contributed by atoms with Crippen molar-refractivity contribution in [3.63, 3.8) is 0 Å². The van der Waals surface area contributed by atoms with E-state index in [1.54, 1.807) is 11.3 Å². The number of thiophene rings is 2. The van der Waals surface area contributed by atoms with E-state index in [1.807, 2.05) is 11.3 Å². The molecule has 0 saturated carbocycles. The summed E-state index contributed by atoms with van der Waals surface area (Å²) in [5.41, 5.74) is 1.38. The van der Waals surface area contributed by atoms with Gasteiger partial charge in [0.05, 0.1) is 5.00 Å². The lowest BCUT2D eigenvalue weighted by molar-refractivity contribution is 0.462. The minimum Gasteiger partial charge on any atom is -0.363 e. The molecule has 144 valence electrons. The van der Waals surface area contributed by atoms with Crippen molar-refractivity contribution >= 4 is 57.6 Å². The van der Waals surface area contributed by atoms with Gasteiger partial charge in [-0.25, -0.2) is 0 Å². The highest BCUT2D eigenvalue weighted by atomic mass is 127. The van der Waals surface area contributed by atoms with Crippen LogP contribution in [0.4, 0.5) is 5.00 Å². The molecule has 4 nitrogen and oxygen atoms in total. The van der Waals surface area contributed by atoms with Crippen LogP contribution in [0.3, 0.4) is 0 Å². The molecule has 1 unspecified atom stereocenters. The molecular formula is C19H29IN4S2. The molecule has 0 spiro atoms. The van der Waals surface area contributed by atoms with Gasteiger partial charge in [0, 0.05) is 38.1 Å². The third-order valence-corrected chi connectivity index (χ3v) is 6.26. The molecule has 1 aliphatic heterocycles. The molecule has 0 radical (unpaired) electrons. The van der Waals surface area contributed by atoms with Crippen molar-refractivity contribution in [2.45, 2.75) is 38.6 Å². The van der Waals surface area contributed by atoms with Crippen molar-refractivity contribution in [2.75, 3.05) is 31.1 Å². The molecule has 1 fully saturated rings. The van der Waals surface area contributed by atoms with Crippen LogP contribution in [0.15, 0.2) is 39.3 Å². The minimum absolute atomic E-state index is 0. The standard InChI is InChI=1S/C19H28N4S2.HI/c1-3-20-19(21-13-15(2)16-8-12-24-14-16)22-17-6-9-23(10-7-17)18-5-4-11-25-18;/h4-5,8,11-12,14-15,17H,3,6-7,9-10,13H2,1-2H3,(H2,20,21,22);1H. The fourth-order valence-electron chi connectivity index (χ4n) is 3.10. The quantitative estimate of drug-likeness (QED) is 0.339. The summed E-state index contributed by atoms with van der Waals surface area (Å²) in [4.78, 5) is 7.31. The van der Waals surface area contributed by atoms with Crippen LogP contribution >= 0.6 is 46.7 Å². The van der Waals surface area contributed by atoms with E-state index in [-0.39, 0.29) is 24.0 Å². The van der Waals surface area contributed by atoms with E-state index in [9.17, 15) is 0 Å². The van der Waals surface area contributed by atoms with E-state index in [1.165, 1.54) is 10.6 Å². The molecule has 26 heavy (non-hydrogen) atoms. The van der Waals surface area contributed by atoms with Gasteiger partial charge in [0.2, 0.25) is 0 Å². The van der Waals surface area contributed by atoms with E-state index in [0.717, 1.165) is 45.0 Å². The Kier molecular flexibility index (Phi) is 9.21. The number of guanidine groups is 1. The maximum Gasteiger partial charge on any atom is 0.191 e. The zero-order valence-electron chi connectivity index (χ0n) is 15.5. The third kappa shape index (κ3) is 6.13. The highest BCUT2D eigenvalue weighted by molar-refractivity contribution is 14.0. The van der Waals surface area contributed by atoms with Gasteiger partial charge >= 0.3 is 0 Å². The molecule has 7 heteroatoms. The topological polar surface area (TPSA) is 39.7 Å². The summed E-state index contributed by atoms with van der Waals surface area (Å²) in [5, 5.41) is 15.0. The minimum atomic E-state index is 0. The first-order valence-electron chi connectivity index (χ1n) is 9.11. The Morgan fingerprint density at radius 2 is 2.12 bits per heavy atom. The van der Waals surface area contributed by atoms with Crippen LogP contribution in [0.5, 0.6) is 0 Å². The van der Waals surface area contributed by atoms with Gasteiger partial charge in [0.25, 0.3) is 0 Å². The number of hydrogen-bond donors (Lipinski definition) is 2. The first-order valence-corrected chi connectivity index (χ1v) is 10.9. The Hall–Kier alpha value is -0.800. The van der Waals surface area contributed by atoms with Gasteiger partial charge in [-0.1, -0.05) is 6.92 Å². The molecule has 3 rings (SSSR count). The van der Waals surface area contributed by atoms with Crippen LogP contribution in [0.1, 0.15) is 38.2 Å². The number of halogens is 1. The van der Waals surface area contributed by atoms with Gasteiger partial charge in [-0.3, -0.25) is 4.99 Å². The van der Waals surface area contributed by atoms with E-state index >= 15 is 0 Å². The lowest BCUT2D eigenvalue weighted by Crippen LogP contribution is -2.48. The normalized spacial score (nSPS) is 16.8. The van der Waals surface area contributed by atoms with Crippen LogP contribution in [-0.4, -0.2) is 38.2 Å². The second-order valence-corrected chi connectivity index (χ2v) is 8.24. The number of nitrogens with zero attached hydrogens (tertiary/aromatic N) is 2. The van der Waals surface area contributed by atoms with Crippen molar-refractivity contribution < 1.29 is 0 Å². The summed E-state index contributed by atoms with van der Waals surface area (Å²) >= 11 is 3.59. The molecule has 1 aliphatic rings. The molecule has 1 atom stereocenters. The van der Waals surface area contributed by atoms with Gasteiger partial charge in [0.15, 0.2) is 5.96 Å². The van der Waals surface area contributed by atoms with Crippen molar-refractivity contribution in [3.05, 3.63) is 39.9 Å². The maximum atomic E-state index is 4.82. The van der Waals surface area contributed by atoms with Gasteiger partial charge in [-0.2, -0.15) is 11.3 Å². The second kappa shape index (κ2) is 11.1. The summed E-state index contributed by atoms with van der Waals surface area (Å²) < 4.78 is 0. The van der Waals surface area contributed by atoms with Crippen LogP contribution in [0, 0.1) is 0 Å². The van der Waals surface area contributed by atoms with E-state index in [4.69, 9.17) is 4.99 Å². The molecule has 2 aromatic heterocycles. The fraction of sp³-hybridized carbons (Fsp3) is 0.526. The lowest BCUT2D eigenvalue weighted by atomic mass is 10.1. The summed E-state index contributed by atoms with van der Waals surface area (Å²) in [6.45, 7) is 8.31. The first-order chi connectivity index (χ1) is 12.3. The monoisotopic (exact) mass is 504 g/mol. The molecule has 0 aliphatic carbocycles. The second-order valence-electron chi connectivity index (χ2n) is 6.53. The molecule has 2 N–H and O–H groups in total. The number of hydrogen-bond acceptors (Lipinski definition) is 4. The lowest BCUT2D eigenvalue weighted by Gasteiger charge is -2.33.